The maximum atomic E-state index is 13.2. The Labute approximate surface area is 211 Å². The van der Waals surface area contributed by atoms with Crippen LogP contribution in [0.3, 0.4) is 0 Å². The van der Waals surface area contributed by atoms with Gasteiger partial charge in [-0.25, -0.2) is 4.79 Å². The largest absolute Gasteiger partial charge is 0.496 e. The van der Waals surface area contributed by atoms with Crippen LogP contribution in [-0.4, -0.2) is 30.8 Å². The van der Waals surface area contributed by atoms with E-state index >= 15 is 0 Å². The van der Waals surface area contributed by atoms with Gasteiger partial charge in [-0.05, 0) is 44.0 Å². The van der Waals surface area contributed by atoms with Gasteiger partial charge in [-0.3, -0.25) is 4.79 Å². The van der Waals surface area contributed by atoms with Gasteiger partial charge in [0.1, 0.15) is 17.4 Å². The smallest absolute Gasteiger partial charge is 0.408 e. The van der Waals surface area contributed by atoms with Crippen LogP contribution >= 0.6 is 11.8 Å². The molecule has 0 unspecified atom stereocenters. The summed E-state index contributed by atoms with van der Waals surface area (Å²) < 4.78 is 10.9. The number of ether oxygens (including phenoxy) is 2. The normalized spacial score (nSPS) is 11.9. The fourth-order valence-corrected chi connectivity index (χ4v) is 4.30. The summed E-state index contributed by atoms with van der Waals surface area (Å²) in [5.74, 6) is 1.14. The first-order valence-corrected chi connectivity index (χ1v) is 12.4. The van der Waals surface area contributed by atoms with Crippen molar-refractivity contribution in [3.63, 3.8) is 0 Å². The van der Waals surface area contributed by atoms with Crippen LogP contribution in [0, 0.1) is 0 Å². The Morgan fingerprint density at radius 2 is 1.54 bits per heavy atom. The summed E-state index contributed by atoms with van der Waals surface area (Å²) in [6.07, 6.45) is -0.313. The van der Waals surface area contributed by atoms with Crippen LogP contribution in [0.15, 0.2) is 83.8 Å². The number of benzene rings is 3. The molecule has 3 aromatic carbocycles. The highest BCUT2D eigenvalue weighted by Crippen LogP contribution is 2.34. The lowest BCUT2D eigenvalue weighted by Crippen LogP contribution is -2.47. The maximum absolute atomic E-state index is 13.2. The number of methoxy groups -OCH3 is 1. The molecule has 35 heavy (non-hydrogen) atoms. The summed E-state index contributed by atoms with van der Waals surface area (Å²) in [5.41, 5.74) is 2.06. The second-order valence-corrected chi connectivity index (χ2v) is 10.0. The summed E-state index contributed by atoms with van der Waals surface area (Å²) in [5, 5.41) is 5.62. The number of alkyl carbamates (subject to hydrolysis) is 1. The molecule has 0 heterocycles. The summed E-state index contributed by atoms with van der Waals surface area (Å²) in [6, 6.07) is 24.5. The lowest BCUT2D eigenvalue weighted by Gasteiger charge is -2.23. The third-order valence-electron chi connectivity index (χ3n) is 4.96. The van der Waals surface area contributed by atoms with E-state index in [-0.39, 0.29) is 5.91 Å². The fraction of sp³-hybridized carbons (Fsp3) is 0.286. The maximum Gasteiger partial charge on any atom is 0.408 e. The summed E-state index contributed by atoms with van der Waals surface area (Å²) in [7, 11) is 1.61. The molecule has 0 fully saturated rings. The molecule has 2 N–H and O–H groups in total. The summed E-state index contributed by atoms with van der Waals surface area (Å²) in [6.45, 7) is 5.34. The number of anilines is 1. The van der Waals surface area contributed by atoms with Gasteiger partial charge in [0.2, 0.25) is 5.91 Å². The molecule has 7 heteroatoms. The van der Waals surface area contributed by atoms with Crippen LogP contribution in [0.2, 0.25) is 0 Å². The first-order chi connectivity index (χ1) is 16.7. The molecule has 1 atom stereocenters. The van der Waals surface area contributed by atoms with E-state index in [2.05, 4.69) is 22.8 Å². The molecular weight excluding hydrogens is 460 g/mol. The van der Waals surface area contributed by atoms with Crippen molar-refractivity contribution in [1.82, 2.24) is 5.32 Å². The number of rotatable bonds is 9. The number of hydrogen-bond acceptors (Lipinski definition) is 5. The van der Waals surface area contributed by atoms with E-state index in [9.17, 15) is 9.59 Å². The quantitative estimate of drug-likeness (QED) is 0.355. The molecule has 0 radical (unpaired) electrons. The summed E-state index contributed by atoms with van der Waals surface area (Å²) in [4.78, 5) is 26.6. The Kier molecular flexibility index (Phi) is 9.20. The molecule has 0 saturated carbocycles. The van der Waals surface area contributed by atoms with Crippen molar-refractivity contribution in [2.45, 2.75) is 49.5 Å². The zero-order valence-corrected chi connectivity index (χ0v) is 21.4. The predicted molar refractivity (Wildman–Crippen MR) is 141 cm³/mol. The van der Waals surface area contributed by atoms with Crippen LogP contribution in [0.4, 0.5) is 10.5 Å². The van der Waals surface area contributed by atoms with E-state index in [0.717, 1.165) is 16.2 Å². The van der Waals surface area contributed by atoms with Gasteiger partial charge in [-0.1, -0.05) is 60.7 Å². The van der Waals surface area contributed by atoms with Crippen molar-refractivity contribution >= 4 is 29.4 Å². The van der Waals surface area contributed by atoms with Crippen LogP contribution < -0.4 is 15.4 Å². The first kappa shape index (κ1) is 26.2. The van der Waals surface area contributed by atoms with Gasteiger partial charge in [0.15, 0.2) is 0 Å². The van der Waals surface area contributed by atoms with Gasteiger partial charge in [0, 0.05) is 28.8 Å². The number of carbonyl (C=O) groups is 2. The van der Waals surface area contributed by atoms with Crippen molar-refractivity contribution in [2.24, 2.45) is 0 Å². The van der Waals surface area contributed by atoms with E-state index in [4.69, 9.17) is 9.47 Å². The van der Waals surface area contributed by atoms with E-state index in [1.54, 1.807) is 45.7 Å². The molecule has 2 amide bonds. The van der Waals surface area contributed by atoms with Crippen molar-refractivity contribution in [1.29, 1.82) is 0 Å². The molecule has 0 bridgehead atoms. The van der Waals surface area contributed by atoms with Gasteiger partial charge >= 0.3 is 6.09 Å². The van der Waals surface area contributed by atoms with Gasteiger partial charge < -0.3 is 20.1 Å². The van der Waals surface area contributed by atoms with Crippen LogP contribution in [-0.2, 0) is 21.7 Å². The highest BCUT2D eigenvalue weighted by atomic mass is 32.2. The number of carbonyl (C=O) groups excluding carboxylic acids is 2. The Morgan fingerprint density at radius 1 is 0.914 bits per heavy atom. The third kappa shape index (κ3) is 8.68. The van der Waals surface area contributed by atoms with Gasteiger partial charge in [0.25, 0.3) is 0 Å². The van der Waals surface area contributed by atoms with Crippen LogP contribution in [0.1, 0.15) is 31.9 Å². The molecule has 6 nitrogen and oxygen atoms in total. The molecule has 0 aliphatic heterocycles. The third-order valence-corrected chi connectivity index (χ3v) is 6.08. The standard InChI is InChI=1S/C28H32N2O4S/c1-28(2,3)34-27(32)30-23(17-20-11-7-5-8-12-20)26(31)29-22-15-16-25(24(18-22)33-4)35-19-21-13-9-6-10-14-21/h5-16,18,23H,17,19H2,1-4H3,(H,29,31)(H,30,32)/t23-/m0/s1. The minimum absolute atomic E-state index is 0.327. The summed E-state index contributed by atoms with van der Waals surface area (Å²) >= 11 is 1.66. The minimum Gasteiger partial charge on any atom is -0.496 e. The van der Waals surface area contributed by atoms with Crippen LogP contribution in [0.25, 0.3) is 0 Å². The molecule has 0 aliphatic carbocycles. The van der Waals surface area contributed by atoms with E-state index < -0.39 is 17.7 Å². The molecule has 184 valence electrons. The number of hydrogen-bond donors (Lipinski definition) is 2. The minimum atomic E-state index is -0.814. The van der Waals surface area contributed by atoms with Crippen molar-refractivity contribution in [2.75, 3.05) is 12.4 Å². The topological polar surface area (TPSA) is 76.7 Å². The van der Waals surface area contributed by atoms with Crippen molar-refractivity contribution in [3.8, 4) is 5.75 Å². The second-order valence-electron chi connectivity index (χ2n) is 9.02. The highest BCUT2D eigenvalue weighted by Gasteiger charge is 2.25. The zero-order valence-electron chi connectivity index (χ0n) is 20.5. The number of amides is 2. The molecular formula is C28H32N2O4S. The van der Waals surface area contributed by atoms with E-state index in [1.807, 2.05) is 60.7 Å². The fourth-order valence-electron chi connectivity index (χ4n) is 3.34. The van der Waals surface area contributed by atoms with Gasteiger partial charge in [-0.15, -0.1) is 11.8 Å². The van der Waals surface area contributed by atoms with E-state index in [0.29, 0.717) is 17.9 Å². The lowest BCUT2D eigenvalue weighted by molar-refractivity contribution is -0.118. The van der Waals surface area contributed by atoms with Crippen LogP contribution in [0.5, 0.6) is 5.75 Å². The zero-order chi connectivity index (χ0) is 25.3. The highest BCUT2D eigenvalue weighted by molar-refractivity contribution is 7.98. The molecule has 0 spiro atoms. The number of thioether (sulfide) groups is 1. The van der Waals surface area contributed by atoms with Gasteiger partial charge in [-0.2, -0.15) is 0 Å². The average molecular weight is 493 g/mol. The molecule has 0 aromatic heterocycles. The Hall–Kier alpha value is -3.45. The SMILES string of the molecule is COc1cc(NC(=O)[C@H](Cc2ccccc2)NC(=O)OC(C)(C)C)ccc1SCc1ccccc1. The Bertz CT molecular complexity index is 1110. The average Bonchev–Trinajstić information content (AvgIpc) is 2.83. The lowest BCUT2D eigenvalue weighted by atomic mass is 10.1. The molecule has 3 aromatic rings. The monoisotopic (exact) mass is 492 g/mol. The molecule has 3 rings (SSSR count). The van der Waals surface area contributed by atoms with Crippen molar-refractivity contribution in [3.05, 3.63) is 90.0 Å². The first-order valence-electron chi connectivity index (χ1n) is 11.4. The Balaban J connectivity index is 1.71. The van der Waals surface area contributed by atoms with Crippen molar-refractivity contribution < 1.29 is 19.1 Å². The Morgan fingerprint density at radius 3 is 2.14 bits per heavy atom. The predicted octanol–water partition coefficient (Wildman–Crippen LogP) is 6.06. The molecule has 0 aliphatic rings. The van der Waals surface area contributed by atoms with Gasteiger partial charge in [0.05, 0.1) is 7.11 Å². The number of nitrogens with one attached hydrogen (secondary N) is 2. The molecule has 0 saturated heterocycles. The van der Waals surface area contributed by atoms with E-state index in [1.165, 1.54) is 5.56 Å². The second kappa shape index (κ2) is 12.3.